The van der Waals surface area contributed by atoms with Crippen molar-refractivity contribution in [3.63, 3.8) is 0 Å². The van der Waals surface area contributed by atoms with E-state index in [1.807, 2.05) is 36.4 Å². The summed E-state index contributed by atoms with van der Waals surface area (Å²) < 4.78 is 9.54. The summed E-state index contributed by atoms with van der Waals surface area (Å²) in [4.78, 5) is 19.2. The van der Waals surface area contributed by atoms with Gasteiger partial charge in [-0.3, -0.25) is 14.2 Å². The van der Waals surface area contributed by atoms with Crippen LogP contribution in [0, 0.1) is 20.8 Å². The number of hydrogen-bond acceptors (Lipinski definition) is 5. The summed E-state index contributed by atoms with van der Waals surface area (Å²) in [5.41, 5.74) is 4.85. The molecule has 8 heteroatoms. The summed E-state index contributed by atoms with van der Waals surface area (Å²) in [5.74, 6) is 1.32. The lowest BCUT2D eigenvalue weighted by Gasteiger charge is -2.28. The zero-order valence-corrected chi connectivity index (χ0v) is 17.1. The standard InChI is InChI=1S/C20H26N6O2/c1-12(2)26-17-6-7-24(18(27)11-25-14(4)8-13(3)22-25)10-16(17)19(23-26)20-21-9-15(5)28-20/h8-9,12H,6-7,10-11H2,1-5H3. The fourth-order valence-electron chi connectivity index (χ4n) is 3.78. The van der Waals surface area contributed by atoms with E-state index >= 15 is 0 Å². The number of amides is 1. The highest BCUT2D eigenvalue weighted by Crippen LogP contribution is 2.31. The van der Waals surface area contributed by atoms with Gasteiger partial charge in [0.1, 0.15) is 12.3 Å². The van der Waals surface area contributed by atoms with Crippen LogP contribution in [0.3, 0.4) is 0 Å². The molecule has 8 nitrogen and oxygen atoms in total. The zero-order valence-electron chi connectivity index (χ0n) is 17.1. The summed E-state index contributed by atoms with van der Waals surface area (Å²) in [7, 11) is 0. The summed E-state index contributed by atoms with van der Waals surface area (Å²) in [5, 5.41) is 9.19. The minimum Gasteiger partial charge on any atom is -0.440 e. The van der Waals surface area contributed by atoms with Crippen LogP contribution in [-0.4, -0.2) is 41.9 Å². The van der Waals surface area contributed by atoms with Crippen molar-refractivity contribution in [1.82, 2.24) is 29.4 Å². The highest BCUT2D eigenvalue weighted by atomic mass is 16.4. The van der Waals surface area contributed by atoms with E-state index in [4.69, 9.17) is 9.52 Å². The fraction of sp³-hybridized carbons (Fsp3) is 0.500. The Morgan fingerprint density at radius 3 is 2.64 bits per heavy atom. The molecule has 0 spiro atoms. The smallest absolute Gasteiger partial charge is 0.247 e. The number of nitrogens with zero attached hydrogens (tertiary/aromatic N) is 6. The van der Waals surface area contributed by atoms with Crippen LogP contribution in [0.15, 0.2) is 16.7 Å². The molecule has 28 heavy (non-hydrogen) atoms. The topological polar surface area (TPSA) is 82.0 Å². The molecular weight excluding hydrogens is 356 g/mol. The van der Waals surface area contributed by atoms with Crippen LogP contribution in [0.4, 0.5) is 0 Å². The summed E-state index contributed by atoms with van der Waals surface area (Å²) in [6.07, 6.45) is 2.47. The summed E-state index contributed by atoms with van der Waals surface area (Å²) in [6.45, 7) is 11.4. The predicted molar refractivity (Wildman–Crippen MR) is 104 cm³/mol. The third kappa shape index (κ3) is 3.23. The van der Waals surface area contributed by atoms with Crippen LogP contribution in [0.5, 0.6) is 0 Å². The molecule has 4 heterocycles. The van der Waals surface area contributed by atoms with Gasteiger partial charge in [0.05, 0.1) is 11.9 Å². The van der Waals surface area contributed by atoms with Gasteiger partial charge in [0.25, 0.3) is 0 Å². The molecule has 0 aromatic carbocycles. The second kappa shape index (κ2) is 6.92. The largest absolute Gasteiger partial charge is 0.440 e. The van der Waals surface area contributed by atoms with Gasteiger partial charge >= 0.3 is 0 Å². The van der Waals surface area contributed by atoms with Crippen LogP contribution in [-0.2, 0) is 24.3 Å². The number of fused-ring (bicyclic) bond motifs is 1. The lowest BCUT2D eigenvalue weighted by atomic mass is 10.0. The van der Waals surface area contributed by atoms with E-state index in [1.165, 1.54) is 0 Å². The van der Waals surface area contributed by atoms with E-state index in [9.17, 15) is 4.79 Å². The number of rotatable bonds is 4. The van der Waals surface area contributed by atoms with E-state index in [-0.39, 0.29) is 18.5 Å². The van der Waals surface area contributed by atoms with Crippen molar-refractivity contribution in [2.24, 2.45) is 0 Å². The Labute approximate surface area is 164 Å². The number of carbonyl (C=O) groups is 1. The molecule has 0 aliphatic carbocycles. The highest BCUT2D eigenvalue weighted by molar-refractivity contribution is 5.76. The van der Waals surface area contributed by atoms with E-state index < -0.39 is 0 Å². The Morgan fingerprint density at radius 1 is 1.25 bits per heavy atom. The number of oxazole rings is 1. The van der Waals surface area contributed by atoms with Crippen molar-refractivity contribution in [1.29, 1.82) is 0 Å². The average Bonchev–Trinajstić information content (AvgIpc) is 3.31. The van der Waals surface area contributed by atoms with Crippen LogP contribution in [0.1, 0.15) is 48.3 Å². The number of carbonyl (C=O) groups excluding carboxylic acids is 1. The van der Waals surface area contributed by atoms with Gasteiger partial charge in [-0.2, -0.15) is 10.2 Å². The lowest BCUT2D eigenvalue weighted by Crippen LogP contribution is -2.38. The minimum absolute atomic E-state index is 0.0590. The molecule has 148 valence electrons. The fourth-order valence-corrected chi connectivity index (χ4v) is 3.78. The van der Waals surface area contributed by atoms with Crippen molar-refractivity contribution < 1.29 is 9.21 Å². The first-order chi connectivity index (χ1) is 13.3. The van der Waals surface area contributed by atoms with E-state index in [1.54, 1.807) is 10.9 Å². The quantitative estimate of drug-likeness (QED) is 0.693. The second-order valence-electron chi connectivity index (χ2n) is 7.74. The number of aryl methyl sites for hydroxylation is 3. The van der Waals surface area contributed by atoms with Crippen molar-refractivity contribution in [2.75, 3.05) is 6.54 Å². The first-order valence-electron chi connectivity index (χ1n) is 9.65. The molecule has 0 N–H and O–H groups in total. The molecular formula is C20H26N6O2. The molecule has 1 aliphatic heterocycles. The van der Waals surface area contributed by atoms with Gasteiger partial charge in [-0.1, -0.05) is 0 Å². The molecule has 0 radical (unpaired) electrons. The maximum Gasteiger partial charge on any atom is 0.247 e. The molecule has 0 unspecified atom stereocenters. The number of hydrogen-bond donors (Lipinski definition) is 0. The lowest BCUT2D eigenvalue weighted by molar-refractivity contribution is -0.133. The molecule has 0 saturated heterocycles. The van der Waals surface area contributed by atoms with Crippen molar-refractivity contribution in [3.8, 4) is 11.6 Å². The monoisotopic (exact) mass is 382 g/mol. The SMILES string of the molecule is Cc1cc(C)n(CC(=O)N2CCc3c(c(-c4ncc(C)o4)nn3C(C)C)C2)n1. The average molecular weight is 382 g/mol. The highest BCUT2D eigenvalue weighted by Gasteiger charge is 2.30. The molecule has 1 aliphatic rings. The second-order valence-corrected chi connectivity index (χ2v) is 7.74. The molecule has 0 atom stereocenters. The molecule has 3 aromatic rings. The Kier molecular flexibility index (Phi) is 4.56. The Bertz CT molecular complexity index is 1030. The van der Waals surface area contributed by atoms with Gasteiger partial charge in [0.2, 0.25) is 11.8 Å². The third-order valence-electron chi connectivity index (χ3n) is 5.14. The molecule has 1 amide bonds. The van der Waals surface area contributed by atoms with Gasteiger partial charge in [0.15, 0.2) is 5.69 Å². The normalized spacial score (nSPS) is 14.0. The Hall–Kier alpha value is -2.90. The summed E-state index contributed by atoms with van der Waals surface area (Å²) >= 11 is 0. The van der Waals surface area contributed by atoms with Gasteiger partial charge in [0, 0.05) is 42.5 Å². The van der Waals surface area contributed by atoms with Crippen LogP contribution in [0.25, 0.3) is 11.6 Å². The maximum atomic E-state index is 12.9. The number of aromatic nitrogens is 5. The first-order valence-corrected chi connectivity index (χ1v) is 9.65. The van der Waals surface area contributed by atoms with Crippen LogP contribution < -0.4 is 0 Å². The van der Waals surface area contributed by atoms with Gasteiger partial charge in [-0.25, -0.2) is 4.98 Å². The summed E-state index contributed by atoms with van der Waals surface area (Å²) in [6, 6.07) is 2.22. The van der Waals surface area contributed by atoms with Gasteiger partial charge in [-0.05, 0) is 40.7 Å². The third-order valence-corrected chi connectivity index (χ3v) is 5.14. The van der Waals surface area contributed by atoms with Crippen molar-refractivity contribution in [3.05, 3.63) is 40.7 Å². The zero-order chi connectivity index (χ0) is 20.0. The first kappa shape index (κ1) is 18.5. The predicted octanol–water partition coefficient (Wildman–Crippen LogP) is 2.83. The maximum absolute atomic E-state index is 12.9. The molecule has 3 aromatic heterocycles. The Balaban J connectivity index is 1.63. The Morgan fingerprint density at radius 2 is 2.04 bits per heavy atom. The van der Waals surface area contributed by atoms with E-state index in [0.29, 0.717) is 19.0 Å². The van der Waals surface area contributed by atoms with E-state index in [2.05, 4.69) is 23.9 Å². The van der Waals surface area contributed by atoms with E-state index in [0.717, 1.165) is 40.5 Å². The van der Waals surface area contributed by atoms with Gasteiger partial charge < -0.3 is 9.32 Å². The molecule has 0 bridgehead atoms. The minimum atomic E-state index is 0.0590. The molecule has 0 fully saturated rings. The molecule has 4 rings (SSSR count). The van der Waals surface area contributed by atoms with Crippen LogP contribution in [0.2, 0.25) is 0 Å². The van der Waals surface area contributed by atoms with Crippen molar-refractivity contribution >= 4 is 5.91 Å². The molecule has 0 saturated carbocycles. The van der Waals surface area contributed by atoms with Gasteiger partial charge in [-0.15, -0.1) is 0 Å². The van der Waals surface area contributed by atoms with Crippen molar-refractivity contribution in [2.45, 2.75) is 60.2 Å². The van der Waals surface area contributed by atoms with Crippen LogP contribution >= 0.6 is 0 Å².